The smallest absolute Gasteiger partial charge is 0.170 e. The second-order valence-electron chi connectivity index (χ2n) is 4.75. The van der Waals surface area contributed by atoms with Gasteiger partial charge in [0.25, 0.3) is 0 Å². The highest BCUT2D eigenvalue weighted by molar-refractivity contribution is 5.97. The van der Waals surface area contributed by atoms with Crippen LogP contribution in [0.1, 0.15) is 34.0 Å². The van der Waals surface area contributed by atoms with Gasteiger partial charge in [0, 0.05) is 6.42 Å². The largest absolute Gasteiger partial charge is 0.294 e. The lowest BCUT2D eigenvalue weighted by Crippen LogP contribution is -2.06. The number of ketones is 1. The van der Waals surface area contributed by atoms with Crippen LogP contribution in [-0.4, -0.2) is 5.78 Å². The molecule has 2 rings (SSSR count). The number of benzene rings is 2. The van der Waals surface area contributed by atoms with E-state index in [1.807, 2.05) is 24.3 Å². The summed E-state index contributed by atoms with van der Waals surface area (Å²) >= 11 is 0. The van der Waals surface area contributed by atoms with E-state index in [1.54, 1.807) is 19.1 Å². The molecule has 0 aromatic heterocycles. The molecule has 0 atom stereocenters. The van der Waals surface area contributed by atoms with Crippen molar-refractivity contribution < 1.29 is 9.18 Å². The van der Waals surface area contributed by atoms with Crippen LogP contribution in [0, 0.1) is 12.7 Å². The molecule has 2 aromatic carbocycles. The van der Waals surface area contributed by atoms with Gasteiger partial charge in [0.2, 0.25) is 0 Å². The highest BCUT2D eigenvalue weighted by atomic mass is 19.1. The van der Waals surface area contributed by atoms with Crippen LogP contribution < -0.4 is 0 Å². The molecule has 0 saturated carbocycles. The number of rotatable bonds is 4. The number of aryl methyl sites for hydroxylation is 2. The predicted molar refractivity (Wildman–Crippen MR) is 75.0 cm³/mol. The molecule has 0 spiro atoms. The van der Waals surface area contributed by atoms with Gasteiger partial charge in [-0.05, 0) is 42.2 Å². The number of hydrogen-bond donors (Lipinski definition) is 0. The van der Waals surface area contributed by atoms with E-state index in [-0.39, 0.29) is 17.8 Å². The molecular formula is C17H17FO. The van der Waals surface area contributed by atoms with Crippen LogP contribution >= 0.6 is 0 Å². The van der Waals surface area contributed by atoms with E-state index in [0.717, 1.165) is 17.5 Å². The summed E-state index contributed by atoms with van der Waals surface area (Å²) in [4.78, 5) is 12.1. The van der Waals surface area contributed by atoms with E-state index in [0.29, 0.717) is 0 Å². The maximum Gasteiger partial charge on any atom is 0.170 e. The molecule has 0 N–H and O–H groups in total. The van der Waals surface area contributed by atoms with Gasteiger partial charge < -0.3 is 0 Å². The minimum Gasteiger partial charge on any atom is -0.294 e. The van der Waals surface area contributed by atoms with Gasteiger partial charge in [-0.15, -0.1) is 0 Å². The number of carbonyl (C=O) groups excluding carboxylic acids is 1. The van der Waals surface area contributed by atoms with Crippen molar-refractivity contribution in [3.63, 3.8) is 0 Å². The third-order valence-electron chi connectivity index (χ3n) is 3.22. The molecule has 0 radical (unpaired) electrons. The first-order valence-corrected chi connectivity index (χ1v) is 6.47. The van der Waals surface area contributed by atoms with Crippen molar-refractivity contribution in [2.75, 3.05) is 0 Å². The van der Waals surface area contributed by atoms with Gasteiger partial charge >= 0.3 is 0 Å². The summed E-state index contributed by atoms with van der Waals surface area (Å²) < 4.78 is 13.7. The fourth-order valence-corrected chi connectivity index (χ4v) is 2.02. The predicted octanol–water partition coefficient (Wildman–Crippen LogP) is 4.12. The molecule has 1 nitrogen and oxygen atoms in total. The van der Waals surface area contributed by atoms with E-state index in [4.69, 9.17) is 0 Å². The van der Waals surface area contributed by atoms with Crippen molar-refractivity contribution in [3.05, 3.63) is 70.5 Å². The second-order valence-corrected chi connectivity index (χ2v) is 4.75. The molecule has 0 aliphatic carbocycles. The lowest BCUT2D eigenvalue weighted by atomic mass is 10.0. The Labute approximate surface area is 113 Å². The number of Topliss-reactive ketones (excluding diaryl/α,β-unsaturated/α-hetero) is 1. The average molecular weight is 256 g/mol. The van der Waals surface area contributed by atoms with Crippen molar-refractivity contribution in [1.29, 1.82) is 0 Å². The monoisotopic (exact) mass is 256 g/mol. The lowest BCUT2D eigenvalue weighted by molar-refractivity contribution is 0.0989. The van der Waals surface area contributed by atoms with Crippen LogP contribution in [0.25, 0.3) is 0 Å². The third-order valence-corrected chi connectivity index (χ3v) is 3.22. The average Bonchev–Trinajstić information content (AvgIpc) is 2.39. The zero-order chi connectivity index (χ0) is 13.8. The molecule has 0 amide bonds. The third kappa shape index (κ3) is 3.28. The first kappa shape index (κ1) is 13.5. The van der Waals surface area contributed by atoms with E-state index >= 15 is 0 Å². The first-order valence-electron chi connectivity index (χ1n) is 6.47. The van der Waals surface area contributed by atoms with Crippen molar-refractivity contribution in [3.8, 4) is 0 Å². The fourth-order valence-electron chi connectivity index (χ4n) is 2.02. The summed E-state index contributed by atoms with van der Waals surface area (Å²) in [6.07, 6.45) is 1.21. The van der Waals surface area contributed by atoms with Crippen molar-refractivity contribution in [2.24, 2.45) is 0 Å². The van der Waals surface area contributed by atoms with Crippen LogP contribution in [0.4, 0.5) is 4.39 Å². The van der Waals surface area contributed by atoms with Crippen LogP contribution in [0.3, 0.4) is 0 Å². The molecule has 98 valence electrons. The molecule has 0 unspecified atom stereocenters. The minimum atomic E-state index is -0.435. The zero-order valence-corrected chi connectivity index (χ0v) is 11.2. The van der Waals surface area contributed by atoms with E-state index < -0.39 is 5.82 Å². The summed E-state index contributed by atoms with van der Waals surface area (Å²) in [6.45, 7) is 3.89. The molecule has 0 aliphatic heterocycles. The molecule has 0 saturated heterocycles. The number of halogens is 1. The van der Waals surface area contributed by atoms with E-state index in [9.17, 15) is 9.18 Å². The Bertz CT molecular complexity index is 585. The van der Waals surface area contributed by atoms with E-state index in [2.05, 4.69) is 6.92 Å². The van der Waals surface area contributed by atoms with Crippen molar-refractivity contribution in [1.82, 2.24) is 0 Å². The second kappa shape index (κ2) is 5.79. The van der Waals surface area contributed by atoms with Crippen LogP contribution in [0.15, 0.2) is 42.5 Å². The summed E-state index contributed by atoms with van der Waals surface area (Å²) in [5.41, 5.74) is 3.14. The van der Waals surface area contributed by atoms with Gasteiger partial charge in [0.05, 0.1) is 5.56 Å². The van der Waals surface area contributed by atoms with E-state index in [1.165, 1.54) is 11.6 Å². The van der Waals surface area contributed by atoms with Crippen molar-refractivity contribution >= 4 is 5.78 Å². The molecule has 0 bridgehead atoms. The maximum atomic E-state index is 13.7. The summed E-state index contributed by atoms with van der Waals surface area (Å²) in [6, 6.07) is 12.6. The van der Waals surface area contributed by atoms with Gasteiger partial charge in [0.15, 0.2) is 5.78 Å². The summed E-state index contributed by atoms with van der Waals surface area (Å²) in [7, 11) is 0. The quantitative estimate of drug-likeness (QED) is 0.752. The Hall–Kier alpha value is -1.96. The molecule has 19 heavy (non-hydrogen) atoms. The highest BCUT2D eigenvalue weighted by Crippen LogP contribution is 2.14. The topological polar surface area (TPSA) is 17.1 Å². The fraction of sp³-hybridized carbons (Fsp3) is 0.235. The standard InChI is InChI=1S/C17H17FO/c1-3-13-5-7-14(8-6-13)11-17(19)15-9-4-12(2)10-16(15)18/h4-10H,3,11H2,1-2H3. The molecule has 2 heteroatoms. The molecule has 0 heterocycles. The molecular weight excluding hydrogens is 239 g/mol. The Morgan fingerprint density at radius 1 is 1.05 bits per heavy atom. The van der Waals surface area contributed by atoms with Gasteiger partial charge in [-0.3, -0.25) is 4.79 Å². The van der Waals surface area contributed by atoms with Crippen LogP contribution in [0.2, 0.25) is 0 Å². The van der Waals surface area contributed by atoms with Gasteiger partial charge in [-0.1, -0.05) is 37.3 Å². The molecule has 0 fully saturated rings. The Balaban J connectivity index is 2.15. The Morgan fingerprint density at radius 3 is 2.26 bits per heavy atom. The number of hydrogen-bond acceptors (Lipinski definition) is 1. The Morgan fingerprint density at radius 2 is 1.68 bits per heavy atom. The van der Waals surface area contributed by atoms with Crippen LogP contribution in [0.5, 0.6) is 0 Å². The molecule has 2 aromatic rings. The lowest BCUT2D eigenvalue weighted by Gasteiger charge is -2.05. The van der Waals surface area contributed by atoms with Crippen LogP contribution in [-0.2, 0) is 12.8 Å². The zero-order valence-electron chi connectivity index (χ0n) is 11.2. The summed E-state index contributed by atoms with van der Waals surface area (Å²) in [5, 5.41) is 0. The SMILES string of the molecule is CCc1ccc(CC(=O)c2ccc(C)cc2F)cc1. The van der Waals surface area contributed by atoms with Crippen molar-refractivity contribution in [2.45, 2.75) is 26.7 Å². The molecule has 0 aliphatic rings. The first-order chi connectivity index (χ1) is 9.10. The van der Waals surface area contributed by atoms with Gasteiger partial charge in [-0.2, -0.15) is 0 Å². The minimum absolute atomic E-state index is 0.171. The van der Waals surface area contributed by atoms with Gasteiger partial charge in [-0.25, -0.2) is 4.39 Å². The number of carbonyl (C=O) groups is 1. The highest BCUT2D eigenvalue weighted by Gasteiger charge is 2.12. The normalized spacial score (nSPS) is 10.5. The maximum absolute atomic E-state index is 13.7. The summed E-state index contributed by atoms with van der Waals surface area (Å²) in [5.74, 6) is -0.614. The Kier molecular flexibility index (Phi) is 4.10. The van der Waals surface area contributed by atoms with Gasteiger partial charge in [0.1, 0.15) is 5.82 Å².